The Bertz CT molecular complexity index is 813. The van der Waals surface area contributed by atoms with Gasteiger partial charge in [-0.1, -0.05) is 12.1 Å². The summed E-state index contributed by atoms with van der Waals surface area (Å²) in [5.41, 5.74) is 0. The molecular weight excluding hydrogens is 321 g/mol. The maximum Gasteiger partial charge on any atom is 0.246 e. The molecule has 1 aromatic carbocycles. The van der Waals surface area contributed by atoms with Crippen LogP contribution in [0.4, 0.5) is 4.39 Å². The van der Waals surface area contributed by atoms with Crippen molar-refractivity contribution in [2.45, 2.75) is 24.3 Å². The van der Waals surface area contributed by atoms with E-state index in [0.717, 1.165) is 6.07 Å². The summed E-state index contributed by atoms with van der Waals surface area (Å²) < 4.78 is 45.7. The van der Waals surface area contributed by atoms with E-state index in [1.165, 1.54) is 22.5 Å². The molecule has 0 radical (unpaired) electrons. The van der Waals surface area contributed by atoms with Crippen molar-refractivity contribution in [3.8, 4) is 5.88 Å². The van der Waals surface area contributed by atoms with Crippen LogP contribution < -0.4 is 4.74 Å². The van der Waals surface area contributed by atoms with Gasteiger partial charge < -0.3 is 4.74 Å². The Morgan fingerprint density at radius 1 is 1.30 bits per heavy atom. The van der Waals surface area contributed by atoms with E-state index in [0.29, 0.717) is 18.1 Å². The molecule has 6 nitrogen and oxygen atoms in total. The number of sulfonamides is 1. The fraction of sp³-hybridized carbons (Fsp3) is 0.333. The van der Waals surface area contributed by atoms with Gasteiger partial charge in [-0.3, -0.25) is 0 Å². The largest absolute Gasteiger partial charge is 0.473 e. The lowest BCUT2D eigenvalue weighted by Gasteiger charge is -2.17. The van der Waals surface area contributed by atoms with Crippen LogP contribution in [0.1, 0.15) is 12.2 Å². The molecule has 2 heterocycles. The van der Waals surface area contributed by atoms with Crippen LogP contribution >= 0.6 is 0 Å². The molecule has 0 bridgehead atoms. The Kier molecular flexibility index (Phi) is 4.27. The third kappa shape index (κ3) is 3.32. The Morgan fingerprint density at radius 2 is 2.09 bits per heavy atom. The summed E-state index contributed by atoms with van der Waals surface area (Å²) in [5, 5.41) is 0. The third-order valence-corrected chi connectivity index (χ3v) is 5.50. The van der Waals surface area contributed by atoms with Gasteiger partial charge in [0, 0.05) is 18.8 Å². The Hall–Kier alpha value is -2.06. The topological polar surface area (TPSA) is 72.4 Å². The second-order valence-corrected chi connectivity index (χ2v) is 7.17. The van der Waals surface area contributed by atoms with E-state index < -0.39 is 15.8 Å². The number of rotatable bonds is 4. The molecule has 0 spiro atoms. The minimum Gasteiger partial charge on any atom is -0.473 e. The summed E-state index contributed by atoms with van der Waals surface area (Å²) in [6, 6.07) is 7.00. The minimum atomic E-state index is -3.86. The molecule has 8 heteroatoms. The van der Waals surface area contributed by atoms with Crippen molar-refractivity contribution in [1.29, 1.82) is 0 Å². The number of benzene rings is 1. The van der Waals surface area contributed by atoms with Gasteiger partial charge in [0.15, 0.2) is 0 Å². The maximum atomic E-state index is 13.8. The molecule has 1 aliphatic heterocycles. The summed E-state index contributed by atoms with van der Waals surface area (Å²) in [5.74, 6) is 0.243. The quantitative estimate of drug-likeness (QED) is 0.850. The predicted molar refractivity (Wildman–Crippen MR) is 81.0 cm³/mol. The van der Waals surface area contributed by atoms with Crippen LogP contribution in [-0.2, 0) is 10.0 Å². The molecule has 0 aliphatic carbocycles. The van der Waals surface area contributed by atoms with Crippen LogP contribution in [0.3, 0.4) is 0 Å². The molecule has 0 amide bonds. The summed E-state index contributed by atoms with van der Waals surface area (Å²) in [6.07, 6.45) is 1.79. The van der Waals surface area contributed by atoms with Gasteiger partial charge in [-0.25, -0.2) is 17.8 Å². The number of aromatic nitrogens is 2. The van der Waals surface area contributed by atoms with E-state index in [9.17, 15) is 12.8 Å². The summed E-state index contributed by atoms with van der Waals surface area (Å²) in [6.45, 7) is 2.20. The Morgan fingerprint density at radius 3 is 2.83 bits per heavy atom. The molecule has 1 fully saturated rings. The predicted octanol–water partition coefficient (Wildman–Crippen LogP) is 1.77. The van der Waals surface area contributed by atoms with Crippen molar-refractivity contribution in [2.75, 3.05) is 13.1 Å². The van der Waals surface area contributed by atoms with Crippen molar-refractivity contribution in [3.05, 3.63) is 48.2 Å². The lowest BCUT2D eigenvalue weighted by molar-refractivity contribution is 0.206. The van der Waals surface area contributed by atoms with Crippen LogP contribution in [0.2, 0.25) is 0 Å². The summed E-state index contributed by atoms with van der Waals surface area (Å²) in [4.78, 5) is 7.81. The molecule has 0 saturated carbocycles. The molecule has 122 valence electrons. The van der Waals surface area contributed by atoms with Crippen LogP contribution in [0.25, 0.3) is 0 Å². The van der Waals surface area contributed by atoms with Gasteiger partial charge in [0.05, 0.1) is 6.54 Å². The standard InChI is InChI=1S/C15H16FN3O3S/c1-11-17-8-6-15(18-11)22-12-7-9-19(10-12)23(20,21)14-5-3-2-4-13(14)16/h2-6,8,12H,7,9-10H2,1H3. The number of aryl methyl sites for hydroxylation is 1. The van der Waals surface area contributed by atoms with Crippen molar-refractivity contribution < 1.29 is 17.5 Å². The fourth-order valence-electron chi connectivity index (χ4n) is 2.48. The van der Waals surface area contributed by atoms with Crippen LogP contribution in [0.5, 0.6) is 5.88 Å². The van der Waals surface area contributed by atoms with E-state index in [-0.39, 0.29) is 24.1 Å². The van der Waals surface area contributed by atoms with Gasteiger partial charge in [0.1, 0.15) is 22.6 Å². The second kappa shape index (κ2) is 6.21. The van der Waals surface area contributed by atoms with E-state index in [4.69, 9.17) is 4.74 Å². The Labute approximate surface area is 134 Å². The molecule has 1 unspecified atom stereocenters. The fourth-order valence-corrected chi connectivity index (χ4v) is 4.03. The van der Waals surface area contributed by atoms with Crippen molar-refractivity contribution in [3.63, 3.8) is 0 Å². The lowest BCUT2D eigenvalue weighted by Crippen LogP contribution is -2.31. The number of hydrogen-bond acceptors (Lipinski definition) is 5. The van der Waals surface area contributed by atoms with Crippen LogP contribution in [-0.4, -0.2) is 41.9 Å². The maximum absolute atomic E-state index is 13.8. The van der Waals surface area contributed by atoms with E-state index in [2.05, 4.69) is 9.97 Å². The number of ether oxygens (including phenoxy) is 1. The zero-order valence-corrected chi connectivity index (χ0v) is 13.3. The SMILES string of the molecule is Cc1nccc(OC2CCN(S(=O)(=O)c3ccccc3F)C2)n1. The molecule has 1 aromatic heterocycles. The van der Waals surface area contributed by atoms with Gasteiger partial charge in [-0.15, -0.1) is 0 Å². The minimum absolute atomic E-state index is 0.166. The average molecular weight is 337 g/mol. The molecule has 0 N–H and O–H groups in total. The van der Waals surface area contributed by atoms with Crippen LogP contribution in [0, 0.1) is 12.7 Å². The second-order valence-electron chi connectivity index (χ2n) is 5.26. The van der Waals surface area contributed by atoms with Gasteiger partial charge in [-0.05, 0) is 25.5 Å². The van der Waals surface area contributed by atoms with Crippen molar-refractivity contribution in [2.24, 2.45) is 0 Å². The number of halogens is 1. The van der Waals surface area contributed by atoms with Gasteiger partial charge >= 0.3 is 0 Å². The molecule has 1 saturated heterocycles. The first kappa shape index (κ1) is 15.8. The van der Waals surface area contributed by atoms with E-state index >= 15 is 0 Å². The average Bonchev–Trinajstić information content (AvgIpc) is 2.97. The zero-order chi connectivity index (χ0) is 16.4. The monoisotopic (exact) mass is 337 g/mol. The first-order valence-electron chi connectivity index (χ1n) is 7.18. The summed E-state index contributed by atoms with van der Waals surface area (Å²) in [7, 11) is -3.86. The van der Waals surface area contributed by atoms with E-state index in [1.807, 2.05) is 0 Å². The zero-order valence-electron chi connectivity index (χ0n) is 12.5. The normalized spacial score (nSPS) is 19.0. The third-order valence-electron chi connectivity index (χ3n) is 3.60. The highest BCUT2D eigenvalue weighted by molar-refractivity contribution is 7.89. The highest BCUT2D eigenvalue weighted by Gasteiger charge is 2.35. The smallest absolute Gasteiger partial charge is 0.246 e. The van der Waals surface area contributed by atoms with Crippen molar-refractivity contribution in [1.82, 2.24) is 14.3 Å². The molecule has 1 aliphatic rings. The highest BCUT2D eigenvalue weighted by Crippen LogP contribution is 2.24. The lowest BCUT2D eigenvalue weighted by atomic mass is 10.3. The van der Waals surface area contributed by atoms with E-state index in [1.54, 1.807) is 19.2 Å². The van der Waals surface area contributed by atoms with Crippen molar-refractivity contribution >= 4 is 10.0 Å². The molecule has 2 aromatic rings. The van der Waals surface area contributed by atoms with Gasteiger partial charge in [0.2, 0.25) is 15.9 Å². The molecule has 1 atom stereocenters. The molecule has 3 rings (SSSR count). The molecular formula is C15H16FN3O3S. The molecule has 23 heavy (non-hydrogen) atoms. The summed E-state index contributed by atoms with van der Waals surface area (Å²) >= 11 is 0. The number of nitrogens with zero attached hydrogens (tertiary/aromatic N) is 3. The van der Waals surface area contributed by atoms with Crippen LogP contribution in [0.15, 0.2) is 41.4 Å². The van der Waals surface area contributed by atoms with Gasteiger partial charge in [0.25, 0.3) is 0 Å². The first-order valence-corrected chi connectivity index (χ1v) is 8.62. The number of hydrogen-bond donors (Lipinski definition) is 0. The van der Waals surface area contributed by atoms with Gasteiger partial charge in [-0.2, -0.15) is 9.29 Å². The Balaban J connectivity index is 1.73. The first-order chi connectivity index (χ1) is 11.0. The highest BCUT2D eigenvalue weighted by atomic mass is 32.2.